The average molecular weight is 515 g/mol. The summed E-state index contributed by atoms with van der Waals surface area (Å²) in [6, 6.07) is 3.91. The zero-order chi connectivity index (χ0) is 26.3. The number of halogens is 6. The molecule has 2 aliphatic rings. The highest BCUT2D eigenvalue weighted by atomic mass is 19.4. The molecule has 4 rings (SSSR count). The van der Waals surface area contributed by atoms with Crippen molar-refractivity contribution in [2.75, 3.05) is 19.6 Å². The van der Waals surface area contributed by atoms with Gasteiger partial charge in [-0.3, -0.25) is 9.59 Å². The van der Waals surface area contributed by atoms with E-state index in [0.717, 1.165) is 17.0 Å². The SMILES string of the molecule is N[C@@H](CC(=O)N1CCc2c(nc(-c3cccc(F)c3)nc2C(F)(F)F)C1)CN1CC(F)(F)CCC1=O. The van der Waals surface area contributed by atoms with Crippen molar-refractivity contribution in [1.29, 1.82) is 0 Å². The Morgan fingerprint density at radius 2 is 1.94 bits per heavy atom. The summed E-state index contributed by atoms with van der Waals surface area (Å²) in [5.41, 5.74) is 4.71. The molecule has 3 heterocycles. The first-order chi connectivity index (χ1) is 16.8. The van der Waals surface area contributed by atoms with E-state index >= 15 is 0 Å². The Morgan fingerprint density at radius 1 is 1.19 bits per heavy atom. The van der Waals surface area contributed by atoms with E-state index in [9.17, 15) is 35.9 Å². The van der Waals surface area contributed by atoms with Crippen LogP contribution < -0.4 is 5.73 Å². The summed E-state index contributed by atoms with van der Waals surface area (Å²) >= 11 is 0. The predicted octanol–water partition coefficient (Wildman–Crippen LogP) is 3.16. The van der Waals surface area contributed by atoms with Gasteiger partial charge in [0.25, 0.3) is 5.92 Å². The van der Waals surface area contributed by atoms with Crippen LogP contribution >= 0.6 is 0 Å². The van der Waals surface area contributed by atoms with E-state index in [-0.39, 0.29) is 61.5 Å². The number of likely N-dealkylation sites (tertiary alicyclic amines) is 1. The smallest absolute Gasteiger partial charge is 0.336 e. The van der Waals surface area contributed by atoms with Crippen LogP contribution in [0.5, 0.6) is 0 Å². The van der Waals surface area contributed by atoms with Gasteiger partial charge < -0.3 is 15.5 Å². The topological polar surface area (TPSA) is 92.4 Å². The third-order valence-corrected chi connectivity index (χ3v) is 6.14. The lowest BCUT2D eigenvalue weighted by Gasteiger charge is -2.34. The lowest BCUT2D eigenvalue weighted by Crippen LogP contribution is -2.51. The molecule has 0 radical (unpaired) electrons. The highest BCUT2D eigenvalue weighted by molar-refractivity contribution is 5.78. The van der Waals surface area contributed by atoms with Crippen LogP contribution in [0.1, 0.15) is 36.2 Å². The molecular formula is C23H23F6N5O2. The number of piperidine rings is 1. The molecule has 0 unspecified atom stereocenters. The molecule has 0 bridgehead atoms. The quantitative estimate of drug-likeness (QED) is 0.618. The first-order valence-electron chi connectivity index (χ1n) is 11.2. The number of benzene rings is 1. The molecular weight excluding hydrogens is 492 g/mol. The van der Waals surface area contributed by atoms with Gasteiger partial charge in [0.05, 0.1) is 18.8 Å². The molecule has 0 spiro atoms. The molecule has 1 aromatic carbocycles. The van der Waals surface area contributed by atoms with Crippen LogP contribution in [0.25, 0.3) is 11.4 Å². The Bertz CT molecular complexity index is 1170. The number of carbonyl (C=O) groups excluding carboxylic acids is 2. The maximum atomic E-state index is 13.7. The standard InChI is InChI=1S/C23H23F6N5O2/c24-14-3-1-2-13(8-14)21-31-17-11-33(7-5-16(17)20(32-21)23(27,28)29)19(36)9-15(30)10-34-12-22(25,26)6-4-18(34)35/h1-3,8,15H,4-7,9-12,30H2/t15-/m0/s1. The van der Waals surface area contributed by atoms with Crippen molar-refractivity contribution in [3.63, 3.8) is 0 Å². The third kappa shape index (κ3) is 5.77. The van der Waals surface area contributed by atoms with Gasteiger partial charge in [0.15, 0.2) is 11.5 Å². The van der Waals surface area contributed by atoms with Crippen molar-refractivity contribution in [1.82, 2.24) is 19.8 Å². The number of fused-ring (bicyclic) bond motifs is 1. The van der Waals surface area contributed by atoms with Gasteiger partial charge in [-0.15, -0.1) is 0 Å². The summed E-state index contributed by atoms with van der Waals surface area (Å²) in [6.45, 7) is -1.32. The molecule has 1 saturated heterocycles. The van der Waals surface area contributed by atoms with Crippen LogP contribution in [-0.2, 0) is 28.7 Å². The zero-order valence-electron chi connectivity index (χ0n) is 19.0. The van der Waals surface area contributed by atoms with Crippen LogP contribution in [0.3, 0.4) is 0 Å². The number of nitrogens with zero attached hydrogens (tertiary/aromatic N) is 4. The van der Waals surface area contributed by atoms with Gasteiger partial charge in [-0.2, -0.15) is 13.2 Å². The predicted molar refractivity (Wildman–Crippen MR) is 115 cm³/mol. The molecule has 13 heteroatoms. The second kappa shape index (κ2) is 9.68. The minimum atomic E-state index is -4.79. The highest BCUT2D eigenvalue weighted by Gasteiger charge is 2.41. The van der Waals surface area contributed by atoms with E-state index < -0.39 is 54.4 Å². The summed E-state index contributed by atoms with van der Waals surface area (Å²) in [4.78, 5) is 34.8. The third-order valence-electron chi connectivity index (χ3n) is 6.14. The van der Waals surface area contributed by atoms with Gasteiger partial charge in [-0.1, -0.05) is 12.1 Å². The molecule has 36 heavy (non-hydrogen) atoms. The summed E-state index contributed by atoms with van der Waals surface area (Å²) in [5.74, 6) is -5.00. The van der Waals surface area contributed by atoms with Crippen molar-refractivity contribution in [3.8, 4) is 11.4 Å². The molecule has 2 aromatic rings. The molecule has 1 fully saturated rings. The first-order valence-corrected chi connectivity index (χ1v) is 11.2. The molecule has 2 aliphatic heterocycles. The number of alkyl halides is 5. The Labute approximate surface area is 202 Å². The Hall–Kier alpha value is -3.22. The normalized spacial score (nSPS) is 18.7. The molecule has 2 amide bonds. The maximum absolute atomic E-state index is 13.7. The lowest BCUT2D eigenvalue weighted by molar-refractivity contribution is -0.148. The van der Waals surface area contributed by atoms with Gasteiger partial charge in [0, 0.05) is 49.5 Å². The summed E-state index contributed by atoms with van der Waals surface area (Å²) in [6.07, 6.45) is -6.09. The van der Waals surface area contributed by atoms with Crippen LogP contribution in [0.15, 0.2) is 24.3 Å². The minimum Gasteiger partial charge on any atom is -0.336 e. The van der Waals surface area contributed by atoms with Crippen LogP contribution in [0.4, 0.5) is 26.3 Å². The second-order valence-electron chi connectivity index (χ2n) is 8.99. The average Bonchev–Trinajstić information content (AvgIpc) is 2.79. The number of hydrogen-bond acceptors (Lipinski definition) is 5. The van der Waals surface area contributed by atoms with E-state index in [0.29, 0.717) is 0 Å². The number of carbonyl (C=O) groups is 2. The van der Waals surface area contributed by atoms with Gasteiger partial charge >= 0.3 is 6.18 Å². The van der Waals surface area contributed by atoms with Crippen molar-refractivity contribution >= 4 is 11.8 Å². The van der Waals surface area contributed by atoms with Crippen molar-refractivity contribution < 1.29 is 35.9 Å². The summed E-state index contributed by atoms with van der Waals surface area (Å²) in [7, 11) is 0. The van der Waals surface area contributed by atoms with Gasteiger partial charge in [0.1, 0.15) is 5.82 Å². The number of hydrogen-bond donors (Lipinski definition) is 1. The van der Waals surface area contributed by atoms with Crippen LogP contribution in [0.2, 0.25) is 0 Å². The highest BCUT2D eigenvalue weighted by Crippen LogP contribution is 2.35. The monoisotopic (exact) mass is 515 g/mol. The van der Waals surface area contributed by atoms with Crippen molar-refractivity contribution in [2.24, 2.45) is 5.73 Å². The summed E-state index contributed by atoms with van der Waals surface area (Å²) in [5, 5.41) is 0. The van der Waals surface area contributed by atoms with E-state index in [1.165, 1.54) is 17.0 Å². The Morgan fingerprint density at radius 3 is 2.64 bits per heavy atom. The molecule has 2 N–H and O–H groups in total. The number of rotatable bonds is 5. The molecule has 0 aliphatic carbocycles. The van der Waals surface area contributed by atoms with Gasteiger partial charge in [0.2, 0.25) is 11.8 Å². The largest absolute Gasteiger partial charge is 0.433 e. The first kappa shape index (κ1) is 25.9. The molecule has 7 nitrogen and oxygen atoms in total. The summed E-state index contributed by atoms with van der Waals surface area (Å²) < 4.78 is 82.2. The second-order valence-corrected chi connectivity index (χ2v) is 8.99. The van der Waals surface area contributed by atoms with Crippen LogP contribution in [-0.4, -0.2) is 63.2 Å². The Kier molecular flexibility index (Phi) is 6.95. The number of nitrogens with two attached hydrogens (primary N) is 1. The lowest BCUT2D eigenvalue weighted by atomic mass is 10.0. The van der Waals surface area contributed by atoms with Gasteiger partial charge in [-0.05, 0) is 18.6 Å². The van der Waals surface area contributed by atoms with E-state index in [1.807, 2.05) is 0 Å². The van der Waals surface area contributed by atoms with E-state index in [1.54, 1.807) is 0 Å². The maximum Gasteiger partial charge on any atom is 0.433 e. The number of aromatic nitrogens is 2. The number of amides is 2. The van der Waals surface area contributed by atoms with Crippen molar-refractivity contribution in [2.45, 2.75) is 50.4 Å². The van der Waals surface area contributed by atoms with E-state index in [2.05, 4.69) is 9.97 Å². The minimum absolute atomic E-state index is 0.0180. The molecule has 0 saturated carbocycles. The molecule has 1 atom stereocenters. The Balaban J connectivity index is 1.51. The fourth-order valence-electron chi connectivity index (χ4n) is 4.40. The van der Waals surface area contributed by atoms with Crippen LogP contribution in [0, 0.1) is 5.82 Å². The molecule has 1 aromatic heterocycles. The fourth-order valence-corrected chi connectivity index (χ4v) is 4.40. The van der Waals surface area contributed by atoms with Gasteiger partial charge in [-0.25, -0.2) is 23.1 Å². The zero-order valence-corrected chi connectivity index (χ0v) is 19.0. The van der Waals surface area contributed by atoms with Crippen molar-refractivity contribution in [3.05, 3.63) is 47.0 Å². The fraction of sp³-hybridized carbons (Fsp3) is 0.478. The molecule has 194 valence electrons. The van der Waals surface area contributed by atoms with E-state index in [4.69, 9.17) is 5.73 Å².